The van der Waals surface area contributed by atoms with Gasteiger partial charge in [-0.05, 0) is 36.6 Å². The standard InChI is InChI=1S/C19H20F2N2O/c1-22(19(24)16-9-8-15(20)12-17(16)21)13-14-6-2-3-7-18(14)23-10-4-5-11-23/h2-3,6-9,12H,4-5,10-11,13H2,1H3. The summed E-state index contributed by atoms with van der Waals surface area (Å²) in [7, 11) is 1.63. The normalized spacial score (nSPS) is 14.0. The molecule has 1 heterocycles. The maximum absolute atomic E-state index is 13.8. The predicted octanol–water partition coefficient (Wildman–Crippen LogP) is 3.84. The average Bonchev–Trinajstić information content (AvgIpc) is 3.09. The third-order valence-electron chi connectivity index (χ3n) is 4.35. The number of para-hydroxylation sites is 1. The minimum Gasteiger partial charge on any atom is -0.371 e. The number of nitrogens with zero attached hydrogens (tertiary/aromatic N) is 2. The van der Waals surface area contributed by atoms with Gasteiger partial charge in [0, 0.05) is 38.4 Å². The first-order valence-corrected chi connectivity index (χ1v) is 8.09. The van der Waals surface area contributed by atoms with Crippen LogP contribution in [0.1, 0.15) is 28.8 Å². The van der Waals surface area contributed by atoms with Crippen LogP contribution in [0.4, 0.5) is 14.5 Å². The molecule has 0 unspecified atom stereocenters. The summed E-state index contributed by atoms with van der Waals surface area (Å²) in [5.74, 6) is -1.98. The molecule has 2 aromatic carbocycles. The molecule has 1 aliphatic heterocycles. The molecule has 1 aliphatic rings. The molecule has 5 heteroatoms. The number of carbonyl (C=O) groups is 1. The number of anilines is 1. The van der Waals surface area contributed by atoms with Gasteiger partial charge in [0.15, 0.2) is 0 Å². The molecular formula is C19H20F2N2O. The maximum atomic E-state index is 13.8. The molecular weight excluding hydrogens is 310 g/mol. The Morgan fingerprint density at radius 1 is 1.12 bits per heavy atom. The second-order valence-electron chi connectivity index (χ2n) is 6.11. The second kappa shape index (κ2) is 6.99. The number of hydrogen-bond acceptors (Lipinski definition) is 2. The molecule has 3 rings (SSSR count). The van der Waals surface area contributed by atoms with Crippen LogP contribution >= 0.6 is 0 Å². The highest BCUT2D eigenvalue weighted by Gasteiger charge is 2.20. The molecule has 0 N–H and O–H groups in total. The lowest BCUT2D eigenvalue weighted by atomic mass is 10.1. The van der Waals surface area contributed by atoms with Crippen LogP contribution in [0.15, 0.2) is 42.5 Å². The van der Waals surface area contributed by atoms with E-state index in [4.69, 9.17) is 0 Å². The first-order chi connectivity index (χ1) is 11.6. The van der Waals surface area contributed by atoms with E-state index in [0.29, 0.717) is 6.54 Å². The SMILES string of the molecule is CN(Cc1ccccc1N1CCCC1)C(=O)c1ccc(F)cc1F. The summed E-state index contributed by atoms with van der Waals surface area (Å²) in [5, 5.41) is 0. The lowest BCUT2D eigenvalue weighted by molar-refractivity contribution is 0.0780. The maximum Gasteiger partial charge on any atom is 0.256 e. The molecule has 0 radical (unpaired) electrons. The number of rotatable bonds is 4. The van der Waals surface area contributed by atoms with E-state index in [1.165, 1.54) is 23.8 Å². The molecule has 2 aromatic rings. The quantitative estimate of drug-likeness (QED) is 0.850. The van der Waals surface area contributed by atoms with E-state index in [-0.39, 0.29) is 5.56 Å². The van der Waals surface area contributed by atoms with E-state index in [1.54, 1.807) is 7.05 Å². The van der Waals surface area contributed by atoms with E-state index >= 15 is 0 Å². The molecule has 1 saturated heterocycles. The van der Waals surface area contributed by atoms with Crippen LogP contribution < -0.4 is 4.90 Å². The van der Waals surface area contributed by atoms with E-state index in [9.17, 15) is 13.6 Å². The lowest BCUT2D eigenvalue weighted by Crippen LogP contribution is -2.28. The van der Waals surface area contributed by atoms with E-state index in [2.05, 4.69) is 11.0 Å². The van der Waals surface area contributed by atoms with Gasteiger partial charge in [-0.1, -0.05) is 18.2 Å². The third kappa shape index (κ3) is 3.40. The van der Waals surface area contributed by atoms with Crippen LogP contribution in [0.25, 0.3) is 0 Å². The van der Waals surface area contributed by atoms with Crippen LogP contribution in [-0.4, -0.2) is 30.9 Å². The number of amides is 1. The molecule has 3 nitrogen and oxygen atoms in total. The Morgan fingerprint density at radius 2 is 1.83 bits per heavy atom. The lowest BCUT2D eigenvalue weighted by Gasteiger charge is -2.24. The first kappa shape index (κ1) is 16.4. The summed E-state index contributed by atoms with van der Waals surface area (Å²) in [6, 6.07) is 11.0. The fraction of sp³-hybridized carbons (Fsp3) is 0.316. The van der Waals surface area contributed by atoms with Crippen molar-refractivity contribution in [1.29, 1.82) is 0 Å². The highest BCUT2D eigenvalue weighted by atomic mass is 19.1. The Kier molecular flexibility index (Phi) is 4.79. The number of halogens is 2. The molecule has 1 fully saturated rings. The number of carbonyl (C=O) groups excluding carboxylic acids is 1. The van der Waals surface area contributed by atoms with E-state index in [1.807, 2.05) is 18.2 Å². The molecule has 1 amide bonds. The highest BCUT2D eigenvalue weighted by molar-refractivity contribution is 5.94. The topological polar surface area (TPSA) is 23.6 Å². The molecule has 0 saturated carbocycles. The summed E-state index contributed by atoms with van der Waals surface area (Å²) in [6.07, 6.45) is 2.34. The summed E-state index contributed by atoms with van der Waals surface area (Å²) in [5.41, 5.74) is 2.03. The van der Waals surface area contributed by atoms with Gasteiger partial charge in [-0.3, -0.25) is 4.79 Å². The molecule has 0 aliphatic carbocycles. The van der Waals surface area contributed by atoms with Gasteiger partial charge in [0.2, 0.25) is 0 Å². The summed E-state index contributed by atoms with van der Waals surface area (Å²) < 4.78 is 26.8. The van der Waals surface area contributed by atoms with Gasteiger partial charge < -0.3 is 9.80 Å². The zero-order valence-corrected chi connectivity index (χ0v) is 13.6. The Labute approximate surface area is 140 Å². The van der Waals surface area contributed by atoms with Crippen LogP contribution in [0.2, 0.25) is 0 Å². The predicted molar refractivity (Wildman–Crippen MR) is 90.0 cm³/mol. The number of benzene rings is 2. The summed E-state index contributed by atoms with van der Waals surface area (Å²) >= 11 is 0. The van der Waals surface area contributed by atoms with Gasteiger partial charge in [0.05, 0.1) is 5.56 Å². The first-order valence-electron chi connectivity index (χ1n) is 8.09. The van der Waals surface area contributed by atoms with Crippen molar-refractivity contribution in [3.05, 3.63) is 65.2 Å². The minimum atomic E-state index is -0.834. The smallest absolute Gasteiger partial charge is 0.256 e. The van der Waals surface area contributed by atoms with Gasteiger partial charge >= 0.3 is 0 Å². The van der Waals surface area contributed by atoms with Crippen molar-refractivity contribution >= 4 is 11.6 Å². The Morgan fingerprint density at radius 3 is 2.54 bits per heavy atom. The van der Waals surface area contributed by atoms with Gasteiger partial charge in [0.25, 0.3) is 5.91 Å². The molecule has 126 valence electrons. The monoisotopic (exact) mass is 330 g/mol. The second-order valence-corrected chi connectivity index (χ2v) is 6.11. The number of hydrogen-bond donors (Lipinski definition) is 0. The van der Waals surface area contributed by atoms with Crippen molar-refractivity contribution < 1.29 is 13.6 Å². The highest BCUT2D eigenvalue weighted by Crippen LogP contribution is 2.26. The fourth-order valence-corrected chi connectivity index (χ4v) is 3.11. The Hall–Kier alpha value is -2.43. The zero-order chi connectivity index (χ0) is 17.1. The van der Waals surface area contributed by atoms with Crippen LogP contribution in [0.3, 0.4) is 0 Å². The van der Waals surface area contributed by atoms with Crippen LogP contribution in [0, 0.1) is 11.6 Å². The fourth-order valence-electron chi connectivity index (χ4n) is 3.11. The van der Waals surface area contributed by atoms with Gasteiger partial charge in [-0.15, -0.1) is 0 Å². The van der Waals surface area contributed by atoms with Crippen molar-refractivity contribution in [3.63, 3.8) is 0 Å². The average molecular weight is 330 g/mol. The van der Waals surface area contributed by atoms with E-state index in [0.717, 1.165) is 36.5 Å². The molecule has 0 aromatic heterocycles. The van der Waals surface area contributed by atoms with Gasteiger partial charge in [0.1, 0.15) is 11.6 Å². The minimum absolute atomic E-state index is 0.113. The van der Waals surface area contributed by atoms with Crippen LogP contribution in [-0.2, 0) is 6.54 Å². The van der Waals surface area contributed by atoms with Gasteiger partial charge in [-0.2, -0.15) is 0 Å². The Bertz CT molecular complexity index is 742. The van der Waals surface area contributed by atoms with Crippen LogP contribution in [0.5, 0.6) is 0 Å². The van der Waals surface area contributed by atoms with Crippen molar-refractivity contribution in [3.8, 4) is 0 Å². The molecule has 0 spiro atoms. The van der Waals surface area contributed by atoms with Crippen molar-refractivity contribution in [1.82, 2.24) is 4.90 Å². The summed E-state index contributed by atoms with van der Waals surface area (Å²) in [4.78, 5) is 16.2. The van der Waals surface area contributed by atoms with E-state index < -0.39 is 17.5 Å². The Balaban J connectivity index is 1.79. The van der Waals surface area contributed by atoms with Gasteiger partial charge in [-0.25, -0.2) is 8.78 Å². The molecule has 0 bridgehead atoms. The molecule has 24 heavy (non-hydrogen) atoms. The molecule has 0 atom stereocenters. The van der Waals surface area contributed by atoms with Crippen molar-refractivity contribution in [2.75, 3.05) is 25.0 Å². The largest absolute Gasteiger partial charge is 0.371 e. The van der Waals surface area contributed by atoms with Crippen molar-refractivity contribution in [2.24, 2.45) is 0 Å². The zero-order valence-electron chi connectivity index (χ0n) is 13.6. The summed E-state index contributed by atoms with van der Waals surface area (Å²) in [6.45, 7) is 2.41. The third-order valence-corrected chi connectivity index (χ3v) is 4.35. The van der Waals surface area contributed by atoms with Crippen molar-refractivity contribution in [2.45, 2.75) is 19.4 Å².